The highest BCUT2D eigenvalue weighted by Crippen LogP contribution is 2.33. The normalized spacial score (nSPS) is 16.4. The molecule has 1 aliphatic carbocycles. The highest BCUT2D eigenvalue weighted by atomic mass is 14.9. The monoisotopic (exact) mass is 392 g/mol. The van der Waals surface area contributed by atoms with Crippen LogP contribution in [0.5, 0.6) is 0 Å². The average molecular weight is 393 g/mol. The third-order valence-electron chi connectivity index (χ3n) is 5.89. The van der Waals surface area contributed by atoms with Gasteiger partial charge in [-0.2, -0.15) is 0 Å². The number of pyridine rings is 2. The van der Waals surface area contributed by atoms with Gasteiger partial charge in [-0.3, -0.25) is 9.97 Å². The molecule has 0 spiro atoms. The number of hydrogen-bond donors (Lipinski definition) is 1. The number of allylic oxidation sites excluding steroid dienone is 3. The average Bonchev–Trinajstić information content (AvgIpc) is 3.28. The molecule has 0 radical (unpaired) electrons. The molecule has 148 valence electrons. The SMILES string of the molecule is C=CC1CC=C(c2cnc3ccc(-c4nc[nH]c4-c4cccc(C)n4)cc3c2)CC1. The van der Waals surface area contributed by atoms with E-state index >= 15 is 0 Å². The van der Waals surface area contributed by atoms with Gasteiger partial charge in [0, 0.05) is 22.8 Å². The minimum absolute atomic E-state index is 0.599. The van der Waals surface area contributed by atoms with Gasteiger partial charge in [0.25, 0.3) is 0 Å². The van der Waals surface area contributed by atoms with E-state index in [4.69, 9.17) is 4.98 Å². The maximum Gasteiger partial charge on any atom is 0.0977 e. The number of aromatic nitrogens is 4. The van der Waals surface area contributed by atoms with Gasteiger partial charge < -0.3 is 4.98 Å². The Morgan fingerprint density at radius 2 is 2.00 bits per heavy atom. The number of benzene rings is 1. The Hall–Kier alpha value is -3.53. The highest BCUT2D eigenvalue weighted by Gasteiger charge is 2.15. The Kier molecular flexibility index (Phi) is 4.75. The largest absolute Gasteiger partial charge is 0.343 e. The van der Waals surface area contributed by atoms with Gasteiger partial charge in [0.1, 0.15) is 0 Å². The van der Waals surface area contributed by atoms with E-state index in [1.165, 1.54) is 11.1 Å². The summed E-state index contributed by atoms with van der Waals surface area (Å²) in [7, 11) is 0. The highest BCUT2D eigenvalue weighted by molar-refractivity contribution is 5.88. The number of H-pyrrole nitrogens is 1. The molecular weight excluding hydrogens is 368 g/mol. The van der Waals surface area contributed by atoms with E-state index in [0.29, 0.717) is 5.92 Å². The Morgan fingerprint density at radius 1 is 1.10 bits per heavy atom. The molecule has 0 amide bonds. The first-order valence-electron chi connectivity index (χ1n) is 10.4. The molecule has 5 rings (SSSR count). The first kappa shape index (κ1) is 18.5. The standard InChI is InChI=1S/C26H24N4/c1-3-18-7-9-19(10-8-18)22-14-21-13-20(11-12-23(21)27-15-22)25-26(29-16-28-25)24-6-4-5-17(2)30-24/h3-6,9,11-16,18H,1,7-8,10H2,2H3,(H,28,29). The summed E-state index contributed by atoms with van der Waals surface area (Å²) in [6, 6.07) is 14.6. The van der Waals surface area contributed by atoms with Gasteiger partial charge in [0.05, 0.1) is 28.9 Å². The molecule has 4 heteroatoms. The molecule has 30 heavy (non-hydrogen) atoms. The van der Waals surface area contributed by atoms with E-state index in [0.717, 1.165) is 58.5 Å². The number of aromatic amines is 1. The second-order valence-electron chi connectivity index (χ2n) is 7.92. The van der Waals surface area contributed by atoms with Gasteiger partial charge in [-0.1, -0.05) is 24.3 Å². The Morgan fingerprint density at radius 3 is 2.80 bits per heavy atom. The molecule has 0 saturated carbocycles. The Balaban J connectivity index is 1.54. The summed E-state index contributed by atoms with van der Waals surface area (Å²) in [4.78, 5) is 17.2. The molecule has 0 saturated heterocycles. The van der Waals surface area contributed by atoms with Crippen molar-refractivity contribution in [3.8, 4) is 22.6 Å². The molecule has 0 fully saturated rings. The van der Waals surface area contributed by atoms with E-state index < -0.39 is 0 Å². The van der Waals surface area contributed by atoms with Crippen LogP contribution in [-0.4, -0.2) is 19.9 Å². The maximum atomic E-state index is 4.71. The van der Waals surface area contributed by atoms with Crippen molar-refractivity contribution in [2.45, 2.75) is 26.2 Å². The minimum Gasteiger partial charge on any atom is -0.343 e. The van der Waals surface area contributed by atoms with Gasteiger partial charge in [-0.25, -0.2) is 4.98 Å². The molecule has 0 bridgehead atoms. The summed E-state index contributed by atoms with van der Waals surface area (Å²) in [5.41, 5.74) is 8.39. The van der Waals surface area contributed by atoms with Crippen LogP contribution in [0, 0.1) is 12.8 Å². The molecule has 4 nitrogen and oxygen atoms in total. The quantitative estimate of drug-likeness (QED) is 0.411. The van der Waals surface area contributed by atoms with Crippen molar-refractivity contribution < 1.29 is 0 Å². The number of rotatable bonds is 4. The number of aryl methyl sites for hydroxylation is 1. The smallest absolute Gasteiger partial charge is 0.0977 e. The van der Waals surface area contributed by atoms with Crippen LogP contribution in [0.15, 0.2) is 73.7 Å². The van der Waals surface area contributed by atoms with Gasteiger partial charge >= 0.3 is 0 Å². The van der Waals surface area contributed by atoms with E-state index in [1.807, 2.05) is 31.3 Å². The lowest BCUT2D eigenvalue weighted by Gasteiger charge is -2.19. The molecule has 1 atom stereocenters. The second kappa shape index (κ2) is 7.71. The molecule has 0 aliphatic heterocycles. The van der Waals surface area contributed by atoms with Crippen molar-refractivity contribution in [3.63, 3.8) is 0 Å². The first-order valence-corrected chi connectivity index (χ1v) is 10.4. The minimum atomic E-state index is 0.599. The predicted molar refractivity (Wildman–Crippen MR) is 123 cm³/mol. The van der Waals surface area contributed by atoms with Crippen LogP contribution in [-0.2, 0) is 0 Å². The van der Waals surface area contributed by atoms with Gasteiger partial charge in [0.2, 0.25) is 0 Å². The molecule has 1 aromatic carbocycles. The van der Waals surface area contributed by atoms with E-state index in [9.17, 15) is 0 Å². The van der Waals surface area contributed by atoms with Crippen molar-refractivity contribution >= 4 is 16.5 Å². The summed E-state index contributed by atoms with van der Waals surface area (Å²) in [6.07, 6.45) is 11.5. The lowest BCUT2D eigenvalue weighted by atomic mass is 9.87. The summed E-state index contributed by atoms with van der Waals surface area (Å²) in [5, 5.41) is 1.13. The lowest BCUT2D eigenvalue weighted by molar-refractivity contribution is 0.593. The zero-order valence-electron chi connectivity index (χ0n) is 17.1. The number of nitrogens with zero attached hydrogens (tertiary/aromatic N) is 3. The molecule has 3 aromatic heterocycles. The number of hydrogen-bond acceptors (Lipinski definition) is 3. The van der Waals surface area contributed by atoms with E-state index in [1.54, 1.807) is 6.33 Å². The Labute approximate surface area is 176 Å². The van der Waals surface area contributed by atoms with Crippen LogP contribution in [0.2, 0.25) is 0 Å². The fraction of sp³-hybridized carbons (Fsp3) is 0.192. The Bertz CT molecular complexity index is 1270. The molecule has 1 N–H and O–H groups in total. The molecule has 3 heterocycles. The topological polar surface area (TPSA) is 54.5 Å². The first-order chi connectivity index (χ1) is 14.7. The zero-order valence-corrected chi connectivity index (χ0v) is 17.1. The molecule has 1 aliphatic rings. The van der Waals surface area contributed by atoms with Crippen LogP contribution in [0.3, 0.4) is 0 Å². The van der Waals surface area contributed by atoms with Crippen LogP contribution in [0.4, 0.5) is 0 Å². The van der Waals surface area contributed by atoms with Crippen LogP contribution in [0.25, 0.3) is 39.1 Å². The van der Waals surface area contributed by atoms with Gasteiger partial charge in [-0.05, 0) is 73.6 Å². The fourth-order valence-electron chi connectivity index (χ4n) is 4.18. The zero-order chi connectivity index (χ0) is 20.5. The summed E-state index contributed by atoms with van der Waals surface area (Å²) in [5.74, 6) is 0.599. The summed E-state index contributed by atoms with van der Waals surface area (Å²) >= 11 is 0. The van der Waals surface area contributed by atoms with Crippen molar-refractivity contribution in [3.05, 3.63) is 85.0 Å². The van der Waals surface area contributed by atoms with Crippen LogP contribution < -0.4 is 0 Å². The van der Waals surface area contributed by atoms with Gasteiger partial charge in [-0.15, -0.1) is 6.58 Å². The molecule has 4 aromatic rings. The van der Waals surface area contributed by atoms with Crippen molar-refractivity contribution in [2.24, 2.45) is 5.92 Å². The van der Waals surface area contributed by atoms with E-state index in [-0.39, 0.29) is 0 Å². The maximum absolute atomic E-state index is 4.71. The second-order valence-corrected chi connectivity index (χ2v) is 7.92. The van der Waals surface area contributed by atoms with Crippen molar-refractivity contribution in [1.29, 1.82) is 0 Å². The summed E-state index contributed by atoms with van der Waals surface area (Å²) in [6.45, 7) is 5.94. The number of imidazole rings is 1. The molecular formula is C26H24N4. The summed E-state index contributed by atoms with van der Waals surface area (Å²) < 4.78 is 0. The fourth-order valence-corrected chi connectivity index (χ4v) is 4.18. The molecule has 1 unspecified atom stereocenters. The number of fused-ring (bicyclic) bond motifs is 1. The number of nitrogens with one attached hydrogen (secondary N) is 1. The third-order valence-corrected chi connectivity index (χ3v) is 5.89. The third kappa shape index (κ3) is 3.45. The van der Waals surface area contributed by atoms with Crippen molar-refractivity contribution in [2.75, 3.05) is 0 Å². The van der Waals surface area contributed by atoms with Gasteiger partial charge in [0.15, 0.2) is 0 Å². The lowest BCUT2D eigenvalue weighted by Crippen LogP contribution is -2.02. The van der Waals surface area contributed by atoms with Crippen LogP contribution in [0.1, 0.15) is 30.5 Å². The van der Waals surface area contributed by atoms with Crippen LogP contribution >= 0.6 is 0 Å². The van der Waals surface area contributed by atoms with E-state index in [2.05, 4.69) is 57.9 Å². The predicted octanol–water partition coefficient (Wildman–Crippen LogP) is 6.36. The van der Waals surface area contributed by atoms with Crippen molar-refractivity contribution in [1.82, 2.24) is 19.9 Å².